The first-order valence-electron chi connectivity index (χ1n) is 3.11. The number of ether oxygens (including phenoxy) is 1. The Kier molecular flexibility index (Phi) is 2.42. The number of H-pyrrole nitrogens is 1. The second kappa shape index (κ2) is 3.51. The molecule has 0 aromatic carbocycles. The second-order valence-electron chi connectivity index (χ2n) is 1.91. The van der Waals surface area contributed by atoms with E-state index in [0.29, 0.717) is 12.1 Å². The Morgan fingerprint density at radius 2 is 2.58 bits per heavy atom. The molecule has 6 nitrogen and oxygen atoms in total. The molecule has 0 aliphatic carbocycles. The van der Waals surface area contributed by atoms with Crippen LogP contribution in [-0.2, 0) is 9.53 Å². The topological polar surface area (TPSA) is 84.1 Å². The van der Waals surface area contributed by atoms with Gasteiger partial charge in [-0.25, -0.2) is 4.79 Å². The van der Waals surface area contributed by atoms with Gasteiger partial charge in [0.2, 0.25) is 6.41 Å². The van der Waals surface area contributed by atoms with Crippen LogP contribution in [0.3, 0.4) is 0 Å². The van der Waals surface area contributed by atoms with E-state index in [2.05, 4.69) is 20.3 Å². The molecule has 0 unspecified atom stereocenters. The lowest BCUT2D eigenvalue weighted by atomic mass is 10.4. The zero-order chi connectivity index (χ0) is 8.97. The summed E-state index contributed by atoms with van der Waals surface area (Å²) in [7, 11) is 1.24. The summed E-state index contributed by atoms with van der Waals surface area (Å²) >= 11 is 0. The molecule has 0 bridgehead atoms. The number of rotatable bonds is 3. The number of nitrogens with one attached hydrogen (secondary N) is 2. The van der Waals surface area contributed by atoms with E-state index in [1.54, 1.807) is 0 Å². The fourth-order valence-corrected chi connectivity index (χ4v) is 0.717. The second-order valence-corrected chi connectivity index (χ2v) is 1.91. The molecule has 6 heteroatoms. The van der Waals surface area contributed by atoms with Gasteiger partial charge in [-0.1, -0.05) is 0 Å². The number of aromatic amines is 1. The van der Waals surface area contributed by atoms with Crippen LogP contribution in [0.25, 0.3) is 0 Å². The van der Waals surface area contributed by atoms with Crippen molar-refractivity contribution in [3.8, 4) is 0 Å². The summed E-state index contributed by atoms with van der Waals surface area (Å²) in [6.07, 6.45) is 1.78. The Morgan fingerprint density at radius 1 is 1.83 bits per heavy atom. The predicted octanol–water partition coefficient (Wildman–Crippen LogP) is -0.235. The van der Waals surface area contributed by atoms with Crippen molar-refractivity contribution in [3.63, 3.8) is 0 Å². The largest absolute Gasteiger partial charge is 0.464 e. The van der Waals surface area contributed by atoms with E-state index in [0.717, 1.165) is 0 Å². The minimum absolute atomic E-state index is 0.129. The van der Waals surface area contributed by atoms with Crippen LogP contribution >= 0.6 is 0 Å². The first-order valence-corrected chi connectivity index (χ1v) is 3.11. The third kappa shape index (κ3) is 1.42. The number of amides is 1. The van der Waals surface area contributed by atoms with Crippen molar-refractivity contribution in [1.82, 2.24) is 10.2 Å². The molecule has 1 amide bonds. The van der Waals surface area contributed by atoms with E-state index >= 15 is 0 Å². The quantitative estimate of drug-likeness (QED) is 0.483. The molecule has 0 fully saturated rings. The van der Waals surface area contributed by atoms with Crippen LogP contribution in [0.1, 0.15) is 10.5 Å². The van der Waals surface area contributed by atoms with E-state index in [9.17, 15) is 9.59 Å². The molecule has 1 heterocycles. The Hall–Kier alpha value is -1.85. The van der Waals surface area contributed by atoms with Gasteiger partial charge in [-0.05, 0) is 0 Å². The highest BCUT2D eigenvalue weighted by Crippen LogP contribution is 2.10. The molecule has 0 saturated heterocycles. The number of hydrogen-bond donors (Lipinski definition) is 2. The van der Waals surface area contributed by atoms with E-state index in [1.807, 2.05) is 0 Å². The van der Waals surface area contributed by atoms with Gasteiger partial charge in [-0.2, -0.15) is 5.10 Å². The van der Waals surface area contributed by atoms with Crippen molar-refractivity contribution in [3.05, 3.63) is 11.9 Å². The fraction of sp³-hybridized carbons (Fsp3) is 0.167. The highest BCUT2D eigenvalue weighted by Gasteiger charge is 2.12. The zero-order valence-electron chi connectivity index (χ0n) is 6.33. The molecule has 1 rings (SSSR count). The summed E-state index contributed by atoms with van der Waals surface area (Å²) in [5.74, 6) is -0.572. The SMILES string of the molecule is COC(=O)c1[nH]ncc1NC=O. The Bertz CT molecular complexity index is 294. The van der Waals surface area contributed by atoms with Gasteiger partial charge in [0.15, 0.2) is 5.69 Å². The summed E-state index contributed by atoms with van der Waals surface area (Å²) in [6.45, 7) is 0. The van der Waals surface area contributed by atoms with Crippen LogP contribution in [0.5, 0.6) is 0 Å². The van der Waals surface area contributed by atoms with Gasteiger partial charge in [0.1, 0.15) is 0 Å². The molecule has 1 aromatic rings. The minimum Gasteiger partial charge on any atom is -0.464 e. The highest BCUT2D eigenvalue weighted by atomic mass is 16.5. The number of methoxy groups -OCH3 is 1. The Labute approximate surface area is 67.9 Å². The average Bonchev–Trinajstić information content (AvgIpc) is 2.52. The van der Waals surface area contributed by atoms with Crippen molar-refractivity contribution in [2.24, 2.45) is 0 Å². The van der Waals surface area contributed by atoms with Gasteiger partial charge in [0.25, 0.3) is 0 Å². The van der Waals surface area contributed by atoms with Crippen molar-refractivity contribution >= 4 is 18.1 Å². The van der Waals surface area contributed by atoms with E-state index in [-0.39, 0.29) is 5.69 Å². The third-order valence-electron chi connectivity index (χ3n) is 1.24. The van der Waals surface area contributed by atoms with E-state index in [4.69, 9.17) is 0 Å². The maximum absolute atomic E-state index is 10.9. The average molecular weight is 169 g/mol. The fourth-order valence-electron chi connectivity index (χ4n) is 0.717. The molecule has 1 aromatic heterocycles. The number of hydrogen-bond acceptors (Lipinski definition) is 4. The van der Waals surface area contributed by atoms with Crippen molar-refractivity contribution in [2.45, 2.75) is 0 Å². The highest BCUT2D eigenvalue weighted by molar-refractivity contribution is 5.95. The summed E-state index contributed by atoms with van der Waals surface area (Å²) < 4.78 is 4.42. The van der Waals surface area contributed by atoms with Crippen LogP contribution in [0.2, 0.25) is 0 Å². The standard InChI is InChI=1S/C6H7N3O3/c1-12-6(11)5-4(7-3-10)2-8-9-5/h2-3H,1H3,(H,7,10)(H,8,9). The van der Waals surface area contributed by atoms with E-state index < -0.39 is 5.97 Å². The molecule has 64 valence electrons. The van der Waals surface area contributed by atoms with Gasteiger partial charge < -0.3 is 10.1 Å². The summed E-state index contributed by atoms with van der Waals surface area (Å²) in [5, 5.41) is 8.25. The van der Waals surface area contributed by atoms with E-state index in [1.165, 1.54) is 13.3 Å². The van der Waals surface area contributed by atoms with Gasteiger partial charge in [-0.3, -0.25) is 9.89 Å². The number of carbonyl (C=O) groups excluding carboxylic acids is 2. The van der Waals surface area contributed by atoms with Gasteiger partial charge >= 0.3 is 5.97 Å². The van der Waals surface area contributed by atoms with Gasteiger partial charge in [0, 0.05) is 0 Å². The van der Waals surface area contributed by atoms with Crippen molar-refractivity contribution < 1.29 is 14.3 Å². The number of carbonyl (C=O) groups is 2. The van der Waals surface area contributed by atoms with Crippen LogP contribution in [-0.4, -0.2) is 29.7 Å². The third-order valence-corrected chi connectivity index (χ3v) is 1.24. The lowest BCUT2D eigenvalue weighted by Crippen LogP contribution is -2.06. The molecule has 0 aliphatic heterocycles. The monoisotopic (exact) mass is 169 g/mol. The smallest absolute Gasteiger partial charge is 0.358 e. The normalized spacial score (nSPS) is 9.08. The predicted molar refractivity (Wildman–Crippen MR) is 39.6 cm³/mol. The maximum Gasteiger partial charge on any atom is 0.358 e. The minimum atomic E-state index is -0.572. The Morgan fingerprint density at radius 3 is 3.17 bits per heavy atom. The molecule has 2 N–H and O–H groups in total. The number of nitrogens with zero attached hydrogens (tertiary/aromatic N) is 1. The van der Waals surface area contributed by atoms with Crippen LogP contribution < -0.4 is 5.32 Å². The van der Waals surface area contributed by atoms with Crippen LogP contribution in [0.15, 0.2) is 6.20 Å². The lowest BCUT2D eigenvalue weighted by molar-refractivity contribution is -0.105. The summed E-state index contributed by atoms with van der Waals surface area (Å²) in [6, 6.07) is 0. The summed E-state index contributed by atoms with van der Waals surface area (Å²) in [5.41, 5.74) is 0.432. The molecule has 0 saturated carbocycles. The van der Waals surface area contributed by atoms with Gasteiger partial charge in [0.05, 0.1) is 19.0 Å². The van der Waals surface area contributed by atoms with Crippen LogP contribution in [0, 0.1) is 0 Å². The number of esters is 1. The molecule has 0 spiro atoms. The molecular weight excluding hydrogens is 162 g/mol. The molecule has 0 atom stereocenters. The molecule has 0 aliphatic rings. The first kappa shape index (κ1) is 8.25. The maximum atomic E-state index is 10.9. The zero-order valence-corrected chi connectivity index (χ0v) is 6.33. The lowest BCUT2D eigenvalue weighted by Gasteiger charge is -1.97. The van der Waals surface area contributed by atoms with Crippen LogP contribution in [0.4, 0.5) is 5.69 Å². The first-order chi connectivity index (χ1) is 5.79. The van der Waals surface area contributed by atoms with Gasteiger partial charge in [-0.15, -0.1) is 0 Å². The van der Waals surface area contributed by atoms with Crippen molar-refractivity contribution in [1.29, 1.82) is 0 Å². The number of anilines is 1. The molecule has 0 radical (unpaired) electrons. The molecule has 12 heavy (non-hydrogen) atoms. The Balaban J connectivity index is 2.90. The number of aromatic nitrogens is 2. The van der Waals surface area contributed by atoms with Crippen molar-refractivity contribution in [2.75, 3.05) is 12.4 Å². The molecular formula is C6H7N3O3. The summed E-state index contributed by atoms with van der Waals surface area (Å²) in [4.78, 5) is 21.0.